The molecule has 102 valence electrons. The Bertz CT molecular complexity index is 574. The maximum absolute atomic E-state index is 13.4. The zero-order chi connectivity index (χ0) is 13.8. The monoisotopic (exact) mass is 285 g/mol. The first-order valence-electron chi connectivity index (χ1n) is 5.52. The van der Waals surface area contributed by atoms with E-state index in [4.69, 9.17) is 22.1 Å². The third kappa shape index (κ3) is 3.12. The molecular formula is C11H13ClFN5O. The van der Waals surface area contributed by atoms with Gasteiger partial charge in [-0.1, -0.05) is 11.6 Å². The quantitative estimate of drug-likeness (QED) is 0.818. The summed E-state index contributed by atoms with van der Waals surface area (Å²) in [7, 11) is 1.60. The van der Waals surface area contributed by atoms with E-state index in [9.17, 15) is 4.39 Å². The summed E-state index contributed by atoms with van der Waals surface area (Å²) in [6, 6.07) is 4.28. The molecule has 0 aliphatic carbocycles. The average molecular weight is 286 g/mol. The van der Waals surface area contributed by atoms with Crippen molar-refractivity contribution in [2.45, 2.75) is 0 Å². The Morgan fingerprint density at radius 1 is 1.53 bits per heavy atom. The van der Waals surface area contributed by atoms with Gasteiger partial charge in [0.15, 0.2) is 0 Å². The van der Waals surface area contributed by atoms with Crippen molar-refractivity contribution >= 4 is 23.5 Å². The van der Waals surface area contributed by atoms with E-state index in [2.05, 4.69) is 15.4 Å². The van der Waals surface area contributed by atoms with Gasteiger partial charge >= 0.3 is 0 Å². The van der Waals surface area contributed by atoms with Crippen molar-refractivity contribution in [1.82, 2.24) is 14.8 Å². The first-order valence-corrected chi connectivity index (χ1v) is 5.90. The molecule has 0 saturated heterocycles. The van der Waals surface area contributed by atoms with Gasteiger partial charge in [-0.2, -0.15) is 9.67 Å². The number of ether oxygens (including phenoxy) is 1. The number of hydrogen-bond acceptors (Lipinski definition) is 5. The van der Waals surface area contributed by atoms with Gasteiger partial charge in [0.1, 0.15) is 5.82 Å². The van der Waals surface area contributed by atoms with E-state index in [0.717, 1.165) is 0 Å². The molecule has 2 rings (SSSR count). The first-order chi connectivity index (χ1) is 9.11. The van der Waals surface area contributed by atoms with Gasteiger partial charge in [0.2, 0.25) is 11.9 Å². The summed E-state index contributed by atoms with van der Waals surface area (Å²) in [5.41, 5.74) is 6.18. The molecule has 0 saturated carbocycles. The Hall–Kier alpha value is -1.86. The highest BCUT2D eigenvalue weighted by molar-refractivity contribution is 6.30. The summed E-state index contributed by atoms with van der Waals surface area (Å²) >= 11 is 5.62. The standard InChI is InChI=1S/C11H13ClFN5O/c1-19-5-4-15-11-16-10(14)18(17-11)7-2-3-8(12)9(13)6-7/h2-3,6H,4-5H2,1H3,(H3,14,15,16,17). The molecule has 0 bridgehead atoms. The summed E-state index contributed by atoms with van der Waals surface area (Å²) in [6.45, 7) is 1.07. The third-order valence-corrected chi connectivity index (χ3v) is 2.68. The number of nitrogens with two attached hydrogens (primary N) is 1. The van der Waals surface area contributed by atoms with Crippen LogP contribution >= 0.6 is 11.6 Å². The van der Waals surface area contributed by atoms with Crippen LogP contribution in [0.5, 0.6) is 0 Å². The highest BCUT2D eigenvalue weighted by Crippen LogP contribution is 2.20. The Morgan fingerprint density at radius 3 is 3.00 bits per heavy atom. The van der Waals surface area contributed by atoms with Crippen LogP contribution in [-0.2, 0) is 4.74 Å². The highest BCUT2D eigenvalue weighted by Gasteiger charge is 2.10. The van der Waals surface area contributed by atoms with Crippen LogP contribution in [0, 0.1) is 5.82 Å². The molecule has 2 aromatic rings. The molecule has 6 nitrogen and oxygen atoms in total. The molecule has 1 aromatic heterocycles. The van der Waals surface area contributed by atoms with Gasteiger partial charge in [-0.3, -0.25) is 0 Å². The van der Waals surface area contributed by atoms with Gasteiger partial charge in [0, 0.05) is 19.7 Å². The van der Waals surface area contributed by atoms with Crippen LogP contribution in [0.1, 0.15) is 0 Å². The zero-order valence-electron chi connectivity index (χ0n) is 10.2. The normalized spacial score (nSPS) is 10.7. The van der Waals surface area contributed by atoms with E-state index in [-0.39, 0.29) is 11.0 Å². The van der Waals surface area contributed by atoms with Crippen LogP contribution < -0.4 is 11.1 Å². The van der Waals surface area contributed by atoms with Gasteiger partial charge in [-0.15, -0.1) is 5.10 Å². The van der Waals surface area contributed by atoms with E-state index in [0.29, 0.717) is 24.8 Å². The van der Waals surface area contributed by atoms with E-state index in [1.165, 1.54) is 16.8 Å². The Morgan fingerprint density at radius 2 is 2.32 bits per heavy atom. The molecule has 8 heteroatoms. The molecular weight excluding hydrogens is 273 g/mol. The maximum atomic E-state index is 13.4. The number of nitrogens with zero attached hydrogens (tertiary/aromatic N) is 3. The van der Waals surface area contributed by atoms with Crippen LogP contribution in [0.15, 0.2) is 18.2 Å². The molecule has 0 spiro atoms. The van der Waals surface area contributed by atoms with Crippen LogP contribution in [0.3, 0.4) is 0 Å². The van der Waals surface area contributed by atoms with Crippen LogP contribution in [0.2, 0.25) is 5.02 Å². The van der Waals surface area contributed by atoms with Gasteiger partial charge in [0.25, 0.3) is 0 Å². The van der Waals surface area contributed by atoms with Gasteiger partial charge in [0.05, 0.1) is 17.3 Å². The molecule has 0 aliphatic rings. The number of hydrogen-bond donors (Lipinski definition) is 2. The summed E-state index contributed by atoms with van der Waals surface area (Å²) < 4.78 is 19.6. The molecule has 0 atom stereocenters. The minimum atomic E-state index is -0.539. The number of nitrogens with one attached hydrogen (secondary N) is 1. The minimum absolute atomic E-state index is 0.0425. The van der Waals surface area contributed by atoms with Crippen LogP contribution in [0.25, 0.3) is 5.69 Å². The number of anilines is 2. The van der Waals surface area contributed by atoms with Gasteiger partial charge in [-0.25, -0.2) is 4.39 Å². The largest absolute Gasteiger partial charge is 0.383 e. The van der Waals surface area contributed by atoms with Crippen molar-refractivity contribution in [3.63, 3.8) is 0 Å². The fourth-order valence-corrected chi connectivity index (χ4v) is 1.59. The second-order valence-electron chi connectivity index (χ2n) is 3.72. The van der Waals surface area contributed by atoms with Crippen LogP contribution in [-0.4, -0.2) is 35.0 Å². The van der Waals surface area contributed by atoms with Gasteiger partial charge < -0.3 is 15.8 Å². The van der Waals surface area contributed by atoms with E-state index in [1.807, 2.05) is 0 Å². The SMILES string of the molecule is COCCNc1nc(N)n(-c2ccc(Cl)c(F)c2)n1. The van der Waals surface area contributed by atoms with Crippen molar-refractivity contribution < 1.29 is 9.13 Å². The van der Waals surface area contributed by atoms with Crippen molar-refractivity contribution in [3.05, 3.63) is 29.0 Å². The number of rotatable bonds is 5. The summed E-state index contributed by atoms with van der Waals surface area (Å²) in [6.07, 6.45) is 0. The lowest BCUT2D eigenvalue weighted by Gasteiger charge is -2.03. The maximum Gasteiger partial charge on any atom is 0.244 e. The van der Waals surface area contributed by atoms with Crippen molar-refractivity contribution in [1.29, 1.82) is 0 Å². The van der Waals surface area contributed by atoms with Crippen molar-refractivity contribution in [2.24, 2.45) is 0 Å². The summed E-state index contributed by atoms with van der Waals surface area (Å²) in [5, 5.41) is 7.10. The minimum Gasteiger partial charge on any atom is -0.383 e. The lowest BCUT2D eigenvalue weighted by Crippen LogP contribution is -2.09. The second kappa shape index (κ2) is 5.85. The second-order valence-corrected chi connectivity index (χ2v) is 4.13. The number of aromatic nitrogens is 3. The van der Waals surface area contributed by atoms with E-state index in [1.54, 1.807) is 13.2 Å². The Labute approximate surface area is 114 Å². The molecule has 0 amide bonds. The predicted molar refractivity (Wildman–Crippen MR) is 71.1 cm³/mol. The molecule has 0 unspecified atom stereocenters. The smallest absolute Gasteiger partial charge is 0.244 e. The summed E-state index contributed by atoms with van der Waals surface area (Å²) in [5.74, 6) is -0.0329. The molecule has 0 radical (unpaired) electrons. The topological polar surface area (TPSA) is 78.0 Å². The molecule has 1 aromatic carbocycles. The molecule has 19 heavy (non-hydrogen) atoms. The lowest BCUT2D eigenvalue weighted by atomic mass is 10.3. The van der Waals surface area contributed by atoms with Gasteiger partial charge in [-0.05, 0) is 12.1 Å². The van der Waals surface area contributed by atoms with Crippen molar-refractivity contribution in [2.75, 3.05) is 31.3 Å². The molecule has 0 aliphatic heterocycles. The fourth-order valence-electron chi connectivity index (χ4n) is 1.47. The number of halogens is 2. The highest BCUT2D eigenvalue weighted by atomic mass is 35.5. The number of nitrogen functional groups attached to an aromatic ring is 1. The molecule has 1 heterocycles. The molecule has 3 N–H and O–H groups in total. The van der Waals surface area contributed by atoms with E-state index >= 15 is 0 Å². The predicted octanol–water partition coefficient (Wildman–Crippen LogP) is 1.70. The third-order valence-electron chi connectivity index (χ3n) is 2.37. The van der Waals surface area contributed by atoms with Crippen molar-refractivity contribution in [3.8, 4) is 5.69 Å². The average Bonchev–Trinajstić information content (AvgIpc) is 2.74. The Kier molecular flexibility index (Phi) is 4.18. The van der Waals surface area contributed by atoms with E-state index < -0.39 is 5.82 Å². The number of benzene rings is 1. The molecule has 0 fully saturated rings. The zero-order valence-corrected chi connectivity index (χ0v) is 11.0. The van der Waals surface area contributed by atoms with Crippen LogP contribution in [0.4, 0.5) is 16.3 Å². The lowest BCUT2D eigenvalue weighted by molar-refractivity contribution is 0.210. The summed E-state index contributed by atoms with van der Waals surface area (Å²) in [4.78, 5) is 4.02. The first kappa shape index (κ1) is 13.6. The fraction of sp³-hybridized carbons (Fsp3) is 0.273. The number of methoxy groups -OCH3 is 1. The Balaban J connectivity index is 2.22.